The highest BCUT2D eigenvalue weighted by Gasteiger charge is 2.49. The summed E-state index contributed by atoms with van der Waals surface area (Å²) in [4.78, 5) is 27.0. The number of nitrogens with one attached hydrogen (secondary N) is 1. The van der Waals surface area contributed by atoms with E-state index in [1.165, 1.54) is 11.8 Å². The summed E-state index contributed by atoms with van der Waals surface area (Å²) in [5, 5.41) is 2.73. The monoisotopic (exact) mass is 340 g/mol. The summed E-state index contributed by atoms with van der Waals surface area (Å²) in [5.74, 6) is 0.141. The summed E-state index contributed by atoms with van der Waals surface area (Å²) in [5.41, 5.74) is 0.530. The standard InChI is InChI=1S/C19H20N2O4/c1-12-8-9-16-15(10-12)21(3)18(23)19(2,25-16)17(22)20-13-6-5-7-14(11-13)24-4/h5-11H,1-4H3,(H,20,22). The second kappa shape index (κ2) is 6.12. The van der Waals surface area contributed by atoms with Gasteiger partial charge in [-0.05, 0) is 43.7 Å². The number of fused-ring (bicyclic) bond motifs is 1. The van der Waals surface area contributed by atoms with Crippen molar-refractivity contribution in [1.29, 1.82) is 0 Å². The summed E-state index contributed by atoms with van der Waals surface area (Å²) in [6, 6.07) is 12.4. The van der Waals surface area contributed by atoms with Crippen molar-refractivity contribution in [1.82, 2.24) is 0 Å². The number of carbonyl (C=O) groups is 2. The Kier molecular flexibility index (Phi) is 4.12. The topological polar surface area (TPSA) is 67.9 Å². The van der Waals surface area contributed by atoms with Crippen LogP contribution >= 0.6 is 0 Å². The fourth-order valence-corrected chi connectivity index (χ4v) is 2.76. The van der Waals surface area contributed by atoms with Crippen LogP contribution in [0.25, 0.3) is 0 Å². The molecule has 0 fully saturated rings. The maximum absolute atomic E-state index is 12.8. The molecule has 2 aromatic rings. The van der Waals surface area contributed by atoms with E-state index in [-0.39, 0.29) is 0 Å². The number of amides is 2. The Bertz CT molecular complexity index is 849. The Labute approximate surface area is 146 Å². The van der Waals surface area contributed by atoms with Gasteiger partial charge in [-0.3, -0.25) is 9.59 Å². The molecule has 1 atom stereocenters. The highest BCUT2D eigenvalue weighted by atomic mass is 16.5. The Morgan fingerprint density at radius 2 is 2.00 bits per heavy atom. The summed E-state index contributed by atoms with van der Waals surface area (Å²) < 4.78 is 11.0. The molecule has 130 valence electrons. The van der Waals surface area contributed by atoms with Crippen molar-refractivity contribution in [3.63, 3.8) is 0 Å². The van der Waals surface area contributed by atoms with E-state index in [1.54, 1.807) is 44.5 Å². The van der Waals surface area contributed by atoms with Crippen molar-refractivity contribution in [3.05, 3.63) is 48.0 Å². The van der Waals surface area contributed by atoms with E-state index < -0.39 is 17.4 Å². The van der Waals surface area contributed by atoms with Crippen molar-refractivity contribution < 1.29 is 19.1 Å². The molecule has 1 aliphatic rings. The van der Waals surface area contributed by atoms with Crippen molar-refractivity contribution in [3.8, 4) is 11.5 Å². The number of rotatable bonds is 3. The Morgan fingerprint density at radius 3 is 2.72 bits per heavy atom. The highest BCUT2D eigenvalue weighted by molar-refractivity contribution is 6.19. The molecule has 2 aromatic carbocycles. The summed E-state index contributed by atoms with van der Waals surface area (Å²) in [6.07, 6.45) is 0. The average molecular weight is 340 g/mol. The van der Waals surface area contributed by atoms with Gasteiger partial charge in [0.2, 0.25) is 0 Å². The molecule has 0 saturated heterocycles. The molecule has 0 aromatic heterocycles. The lowest BCUT2D eigenvalue weighted by atomic mass is 9.99. The molecule has 25 heavy (non-hydrogen) atoms. The molecule has 6 heteroatoms. The van der Waals surface area contributed by atoms with Gasteiger partial charge in [0.1, 0.15) is 11.5 Å². The molecule has 1 heterocycles. The first-order valence-corrected chi connectivity index (χ1v) is 7.88. The third-order valence-electron chi connectivity index (χ3n) is 4.26. The molecule has 0 radical (unpaired) electrons. The van der Waals surface area contributed by atoms with Gasteiger partial charge < -0.3 is 19.7 Å². The fraction of sp³-hybridized carbons (Fsp3) is 0.263. The number of methoxy groups -OCH3 is 1. The van der Waals surface area contributed by atoms with E-state index in [0.717, 1.165) is 5.56 Å². The first kappa shape index (κ1) is 16.8. The van der Waals surface area contributed by atoms with Gasteiger partial charge in [-0.2, -0.15) is 0 Å². The molecule has 1 unspecified atom stereocenters. The fourth-order valence-electron chi connectivity index (χ4n) is 2.76. The highest BCUT2D eigenvalue weighted by Crippen LogP contribution is 2.38. The van der Waals surface area contributed by atoms with Gasteiger partial charge >= 0.3 is 0 Å². The van der Waals surface area contributed by atoms with Gasteiger partial charge in [-0.25, -0.2) is 0 Å². The molecule has 6 nitrogen and oxygen atoms in total. The number of hydrogen-bond donors (Lipinski definition) is 1. The van der Waals surface area contributed by atoms with Gasteiger partial charge in [0.15, 0.2) is 0 Å². The smallest absolute Gasteiger partial charge is 0.280 e. The third-order valence-corrected chi connectivity index (χ3v) is 4.26. The normalized spacial score (nSPS) is 19.0. The van der Waals surface area contributed by atoms with Gasteiger partial charge in [-0.1, -0.05) is 12.1 Å². The number of hydrogen-bond acceptors (Lipinski definition) is 4. The predicted octanol–water partition coefficient (Wildman–Crippen LogP) is 2.76. The molecule has 3 rings (SSSR count). The number of aryl methyl sites for hydroxylation is 1. The Morgan fingerprint density at radius 1 is 1.24 bits per heavy atom. The zero-order valence-electron chi connectivity index (χ0n) is 14.6. The van der Waals surface area contributed by atoms with Crippen LogP contribution in [0.4, 0.5) is 11.4 Å². The first-order chi connectivity index (χ1) is 11.8. The van der Waals surface area contributed by atoms with Crippen LogP contribution < -0.4 is 19.7 Å². The molecule has 0 aliphatic carbocycles. The van der Waals surface area contributed by atoms with E-state index in [0.29, 0.717) is 22.9 Å². The van der Waals surface area contributed by atoms with Crippen molar-refractivity contribution in [2.24, 2.45) is 0 Å². The second-order valence-corrected chi connectivity index (χ2v) is 6.16. The number of carbonyl (C=O) groups excluding carboxylic acids is 2. The molecule has 1 N–H and O–H groups in total. The van der Waals surface area contributed by atoms with Gasteiger partial charge in [-0.15, -0.1) is 0 Å². The molecule has 0 spiro atoms. The Balaban J connectivity index is 1.91. The maximum Gasteiger partial charge on any atom is 0.280 e. The van der Waals surface area contributed by atoms with Gasteiger partial charge in [0, 0.05) is 18.8 Å². The van der Waals surface area contributed by atoms with E-state index in [4.69, 9.17) is 9.47 Å². The maximum atomic E-state index is 12.8. The third kappa shape index (κ3) is 2.91. The number of nitrogens with zero attached hydrogens (tertiary/aromatic N) is 1. The van der Waals surface area contributed by atoms with Crippen LogP contribution in [0.3, 0.4) is 0 Å². The van der Waals surface area contributed by atoms with E-state index in [9.17, 15) is 9.59 Å². The average Bonchev–Trinajstić information content (AvgIpc) is 2.61. The van der Waals surface area contributed by atoms with E-state index in [1.807, 2.05) is 19.1 Å². The van der Waals surface area contributed by atoms with Gasteiger partial charge in [0.05, 0.1) is 12.8 Å². The first-order valence-electron chi connectivity index (χ1n) is 7.88. The predicted molar refractivity (Wildman–Crippen MR) is 95.2 cm³/mol. The lowest BCUT2D eigenvalue weighted by molar-refractivity contribution is -0.144. The van der Waals surface area contributed by atoms with Crippen LogP contribution in [0.15, 0.2) is 42.5 Å². The van der Waals surface area contributed by atoms with E-state index >= 15 is 0 Å². The number of anilines is 2. The minimum Gasteiger partial charge on any atom is -0.497 e. The van der Waals surface area contributed by atoms with Crippen LogP contribution in [0.2, 0.25) is 0 Å². The number of likely N-dealkylation sites (N-methyl/N-ethyl adjacent to an activating group) is 1. The van der Waals surface area contributed by atoms with Crippen molar-refractivity contribution in [2.75, 3.05) is 24.4 Å². The number of ether oxygens (including phenoxy) is 2. The molecule has 2 amide bonds. The zero-order valence-corrected chi connectivity index (χ0v) is 14.6. The van der Waals surface area contributed by atoms with Crippen molar-refractivity contribution in [2.45, 2.75) is 19.4 Å². The Hall–Kier alpha value is -3.02. The zero-order chi connectivity index (χ0) is 18.2. The summed E-state index contributed by atoms with van der Waals surface area (Å²) >= 11 is 0. The van der Waals surface area contributed by atoms with Crippen LogP contribution in [0.1, 0.15) is 12.5 Å². The quantitative estimate of drug-likeness (QED) is 0.873. The second-order valence-electron chi connectivity index (χ2n) is 6.16. The van der Waals surface area contributed by atoms with Crippen LogP contribution in [0.5, 0.6) is 11.5 Å². The summed E-state index contributed by atoms with van der Waals surface area (Å²) in [7, 11) is 3.18. The molecule has 0 bridgehead atoms. The summed E-state index contributed by atoms with van der Waals surface area (Å²) in [6.45, 7) is 3.41. The molecular weight excluding hydrogens is 320 g/mol. The van der Waals surface area contributed by atoms with E-state index in [2.05, 4.69) is 5.32 Å². The lowest BCUT2D eigenvalue weighted by Gasteiger charge is -2.38. The van der Waals surface area contributed by atoms with Crippen LogP contribution in [-0.4, -0.2) is 31.6 Å². The SMILES string of the molecule is COc1cccc(NC(=O)C2(C)Oc3ccc(C)cc3N(C)C2=O)c1. The molecular formula is C19H20N2O4. The van der Waals surface area contributed by atoms with Crippen LogP contribution in [-0.2, 0) is 9.59 Å². The van der Waals surface area contributed by atoms with Gasteiger partial charge in [0.25, 0.3) is 17.4 Å². The minimum absolute atomic E-state index is 0.425. The minimum atomic E-state index is -1.65. The molecule has 0 saturated carbocycles. The van der Waals surface area contributed by atoms with Crippen LogP contribution in [0, 0.1) is 6.92 Å². The largest absolute Gasteiger partial charge is 0.497 e. The molecule has 1 aliphatic heterocycles. The lowest BCUT2D eigenvalue weighted by Crippen LogP contribution is -2.59. The van der Waals surface area contributed by atoms with Crippen molar-refractivity contribution >= 4 is 23.2 Å². The number of benzene rings is 2.